The van der Waals surface area contributed by atoms with Crippen LogP contribution in [0.4, 0.5) is 14.5 Å². The number of carbonyl (C=O) groups excluding carboxylic acids is 3. The Bertz CT molecular complexity index is 2390. The lowest BCUT2D eigenvalue weighted by Crippen LogP contribution is -2.51. The highest BCUT2D eigenvalue weighted by atomic mass is 19.1. The highest BCUT2D eigenvalue weighted by Crippen LogP contribution is 2.36. The monoisotopic (exact) mass is 777 g/mol. The number of halogens is 2. The van der Waals surface area contributed by atoms with Crippen LogP contribution in [0.15, 0.2) is 54.9 Å². The molecule has 296 valence electrons. The second-order valence-corrected chi connectivity index (χ2v) is 16.1. The summed E-state index contributed by atoms with van der Waals surface area (Å²) in [6.07, 6.45) is 8.07. The van der Waals surface area contributed by atoms with E-state index in [-0.39, 0.29) is 24.4 Å². The molecule has 3 N–H and O–H groups in total. The van der Waals surface area contributed by atoms with Crippen molar-refractivity contribution >= 4 is 39.8 Å². The normalized spacial score (nSPS) is 21.2. The molecule has 1 aliphatic carbocycles. The Morgan fingerprint density at radius 3 is 2.40 bits per heavy atom. The second-order valence-electron chi connectivity index (χ2n) is 16.1. The van der Waals surface area contributed by atoms with Gasteiger partial charge in [-0.2, -0.15) is 15.5 Å². The number of nitrogens with zero attached hydrogens (tertiary/aromatic N) is 7. The summed E-state index contributed by atoms with van der Waals surface area (Å²) < 4.78 is 33.6. The average Bonchev–Trinajstić information content (AvgIpc) is 3.81. The van der Waals surface area contributed by atoms with Crippen LogP contribution in [0.5, 0.6) is 0 Å². The van der Waals surface area contributed by atoms with Gasteiger partial charge in [-0.15, -0.1) is 0 Å². The number of imide groups is 1. The lowest BCUT2D eigenvalue weighted by atomic mass is 9.89. The minimum absolute atomic E-state index is 0.0587. The Labute approximate surface area is 328 Å². The quantitative estimate of drug-likeness (QED) is 0.172. The van der Waals surface area contributed by atoms with Crippen LogP contribution < -0.4 is 10.6 Å². The van der Waals surface area contributed by atoms with Gasteiger partial charge in [0.2, 0.25) is 11.8 Å². The van der Waals surface area contributed by atoms with Crippen LogP contribution in [0, 0.1) is 23.0 Å². The smallest absolute Gasteiger partial charge is 0.274 e. The first-order chi connectivity index (χ1) is 27.3. The van der Waals surface area contributed by atoms with Crippen molar-refractivity contribution in [3.8, 4) is 6.07 Å². The first kappa shape index (κ1) is 38.3. The van der Waals surface area contributed by atoms with E-state index in [0.717, 1.165) is 62.8 Å². The number of aromatic nitrogens is 4. The van der Waals surface area contributed by atoms with Crippen molar-refractivity contribution in [3.63, 3.8) is 0 Å². The van der Waals surface area contributed by atoms with Crippen molar-refractivity contribution in [1.82, 2.24) is 34.5 Å². The standard InChI is InChI=1S/C42H45F2N9O4/c1-42(2,57)32-21-35-27(20-36(32)47-41(56)37-9-7-30-17-26(22-45)23-46-53(30)37)24-52(49-35)29-5-3-28(4-6-29)51-15-13-50(14-16-51)12-11-25-18-33(43)39(34(44)19-25)31-8-10-38(54)48-40(31)55/h7,9,17-21,23-24,28-29,31,57H,3-6,8,10-16H2,1-2H3,(H,47,56)(H,48,54,55)/t28?,29?,31-/m1/s1. The second kappa shape index (κ2) is 15.4. The maximum absolute atomic E-state index is 15.0. The summed E-state index contributed by atoms with van der Waals surface area (Å²) in [5.41, 5.74) is 2.10. The largest absolute Gasteiger partial charge is 0.386 e. The van der Waals surface area contributed by atoms with Crippen LogP contribution in [0.3, 0.4) is 0 Å². The molecule has 3 fully saturated rings. The Morgan fingerprint density at radius 2 is 1.72 bits per heavy atom. The summed E-state index contributed by atoms with van der Waals surface area (Å²) in [7, 11) is 0. The number of hydrogen-bond acceptors (Lipinski definition) is 9. The van der Waals surface area contributed by atoms with Crippen molar-refractivity contribution in [3.05, 3.63) is 94.4 Å². The molecule has 57 heavy (non-hydrogen) atoms. The van der Waals surface area contributed by atoms with E-state index >= 15 is 8.78 Å². The molecule has 0 bridgehead atoms. The zero-order chi connectivity index (χ0) is 40.0. The lowest BCUT2D eigenvalue weighted by molar-refractivity contribution is -0.134. The molecule has 2 aromatic carbocycles. The lowest BCUT2D eigenvalue weighted by Gasteiger charge is -2.42. The highest BCUT2D eigenvalue weighted by molar-refractivity contribution is 6.05. The van der Waals surface area contributed by atoms with Crippen LogP contribution in [0.25, 0.3) is 16.4 Å². The number of aliphatic hydroxyl groups is 1. The van der Waals surface area contributed by atoms with Gasteiger partial charge < -0.3 is 15.3 Å². The molecule has 15 heteroatoms. The molecule has 1 atom stereocenters. The van der Waals surface area contributed by atoms with Gasteiger partial charge >= 0.3 is 0 Å². The molecule has 0 unspecified atom stereocenters. The summed E-state index contributed by atoms with van der Waals surface area (Å²) in [5, 5.41) is 35.5. The van der Waals surface area contributed by atoms with Crippen molar-refractivity contribution < 1.29 is 28.3 Å². The molecule has 5 aromatic rings. The zero-order valence-corrected chi connectivity index (χ0v) is 32.0. The fourth-order valence-corrected chi connectivity index (χ4v) is 8.72. The minimum atomic E-state index is -1.26. The number of hydrogen-bond donors (Lipinski definition) is 3. The van der Waals surface area contributed by atoms with Gasteiger partial charge in [0.15, 0.2) is 0 Å². The van der Waals surface area contributed by atoms with E-state index in [4.69, 9.17) is 5.10 Å². The third-order valence-corrected chi connectivity index (χ3v) is 11.8. The number of nitriles is 1. The SMILES string of the molecule is CC(C)(O)c1cc2nn(C3CCC(N4CCN(CCc5cc(F)c([C@H]6CCC(=O)NC6=O)c(F)c5)CC4)CC3)cc2cc1NC(=O)c1ccc2cc(C#N)cnn12. The van der Waals surface area contributed by atoms with Gasteiger partial charge in [0.1, 0.15) is 23.4 Å². The van der Waals surface area contributed by atoms with E-state index < -0.39 is 40.9 Å². The van der Waals surface area contributed by atoms with E-state index in [1.807, 2.05) is 23.0 Å². The molecule has 3 amide bonds. The topological polar surface area (TPSA) is 161 Å². The number of anilines is 1. The van der Waals surface area contributed by atoms with Gasteiger partial charge in [-0.25, -0.2) is 13.3 Å². The fourth-order valence-electron chi connectivity index (χ4n) is 8.72. The predicted molar refractivity (Wildman–Crippen MR) is 207 cm³/mol. The highest BCUT2D eigenvalue weighted by Gasteiger charge is 2.33. The molecule has 13 nitrogen and oxygen atoms in total. The number of carbonyl (C=O) groups is 3. The number of nitrogens with one attached hydrogen (secondary N) is 2. The summed E-state index contributed by atoms with van der Waals surface area (Å²) in [5.74, 6) is -3.96. The number of fused-ring (bicyclic) bond motifs is 2. The molecular formula is C42H45F2N9O4. The summed E-state index contributed by atoms with van der Waals surface area (Å²) in [6.45, 7) is 7.59. The van der Waals surface area contributed by atoms with E-state index in [1.165, 1.54) is 22.8 Å². The van der Waals surface area contributed by atoms with E-state index in [1.54, 1.807) is 32.0 Å². The van der Waals surface area contributed by atoms with Gasteiger partial charge in [-0.3, -0.25) is 29.3 Å². The first-order valence-corrected chi connectivity index (χ1v) is 19.6. The molecule has 3 aromatic heterocycles. The Balaban J connectivity index is 0.857. The number of piperidine rings is 1. The van der Waals surface area contributed by atoms with Crippen LogP contribution in [0.1, 0.15) is 97.1 Å². The minimum Gasteiger partial charge on any atom is -0.386 e. The fraction of sp³-hybridized carbons (Fsp3) is 0.429. The van der Waals surface area contributed by atoms with Crippen molar-refractivity contribution in [2.75, 3.05) is 38.0 Å². The third kappa shape index (κ3) is 7.89. The predicted octanol–water partition coefficient (Wildman–Crippen LogP) is 5.18. The maximum Gasteiger partial charge on any atom is 0.274 e. The number of piperazine rings is 1. The molecular weight excluding hydrogens is 733 g/mol. The van der Waals surface area contributed by atoms with Gasteiger partial charge in [0, 0.05) is 73.6 Å². The van der Waals surface area contributed by atoms with Crippen LogP contribution in [0.2, 0.25) is 0 Å². The van der Waals surface area contributed by atoms with Gasteiger partial charge in [-0.05, 0) is 100 Å². The Hall–Kier alpha value is -5.56. The number of amides is 3. The summed E-state index contributed by atoms with van der Waals surface area (Å²) >= 11 is 0. The Kier molecular flexibility index (Phi) is 10.4. The zero-order valence-electron chi connectivity index (χ0n) is 32.0. The molecule has 5 heterocycles. The van der Waals surface area contributed by atoms with Gasteiger partial charge in [0.25, 0.3) is 5.91 Å². The van der Waals surface area contributed by atoms with E-state index in [9.17, 15) is 24.8 Å². The van der Waals surface area contributed by atoms with Crippen LogP contribution in [-0.2, 0) is 21.6 Å². The number of benzene rings is 2. The molecule has 2 aliphatic heterocycles. The van der Waals surface area contributed by atoms with Crippen LogP contribution in [-0.4, -0.2) is 90.8 Å². The van der Waals surface area contributed by atoms with E-state index in [0.29, 0.717) is 52.6 Å². The van der Waals surface area contributed by atoms with Crippen molar-refractivity contribution in [1.29, 1.82) is 5.26 Å². The molecule has 2 saturated heterocycles. The molecule has 0 radical (unpaired) electrons. The maximum atomic E-state index is 15.0. The molecule has 3 aliphatic rings. The third-order valence-electron chi connectivity index (χ3n) is 11.8. The van der Waals surface area contributed by atoms with Gasteiger partial charge in [0.05, 0.1) is 40.4 Å². The van der Waals surface area contributed by atoms with Crippen molar-refractivity contribution in [2.45, 2.75) is 82.4 Å². The van der Waals surface area contributed by atoms with Crippen LogP contribution >= 0.6 is 0 Å². The summed E-state index contributed by atoms with van der Waals surface area (Å²) in [4.78, 5) is 42.1. The summed E-state index contributed by atoms with van der Waals surface area (Å²) in [6, 6.07) is 14.1. The first-order valence-electron chi connectivity index (χ1n) is 19.6. The van der Waals surface area contributed by atoms with Gasteiger partial charge in [-0.1, -0.05) is 0 Å². The van der Waals surface area contributed by atoms with Crippen molar-refractivity contribution in [2.24, 2.45) is 0 Å². The average molecular weight is 778 g/mol. The molecule has 8 rings (SSSR count). The molecule has 1 saturated carbocycles. The van der Waals surface area contributed by atoms with E-state index in [2.05, 4.69) is 31.6 Å². The Morgan fingerprint density at radius 1 is 1.00 bits per heavy atom. The number of rotatable bonds is 9. The molecule has 0 spiro atoms.